The Kier molecular flexibility index (Phi) is 5.79. The fourth-order valence-electron chi connectivity index (χ4n) is 4.35. The number of amides is 1. The van der Waals surface area contributed by atoms with Gasteiger partial charge in [0.15, 0.2) is 5.69 Å². The van der Waals surface area contributed by atoms with E-state index in [0.29, 0.717) is 11.7 Å². The Hall–Kier alpha value is -1.11. The maximum absolute atomic E-state index is 12.5. The topological polar surface area (TPSA) is 73.0 Å². The Morgan fingerprint density at radius 1 is 1.17 bits per heavy atom. The van der Waals surface area contributed by atoms with Crippen LogP contribution in [0.4, 0.5) is 0 Å². The number of aromatic nitrogens is 2. The molecule has 1 saturated carbocycles. The van der Waals surface area contributed by atoms with Gasteiger partial charge in [-0.3, -0.25) is 9.89 Å². The van der Waals surface area contributed by atoms with Crippen molar-refractivity contribution >= 4 is 18.3 Å². The molecule has 24 heavy (non-hydrogen) atoms. The summed E-state index contributed by atoms with van der Waals surface area (Å²) in [5.41, 5.74) is 2.76. The van der Waals surface area contributed by atoms with E-state index >= 15 is 0 Å². The summed E-state index contributed by atoms with van der Waals surface area (Å²) in [5.74, 6) is -0.00878. The second-order valence-electron chi connectivity index (χ2n) is 7.18. The number of rotatable bonds is 3. The van der Waals surface area contributed by atoms with E-state index in [-0.39, 0.29) is 18.3 Å². The number of hydrogen-bond donors (Lipinski definition) is 3. The highest BCUT2D eigenvalue weighted by Gasteiger charge is 2.29. The molecule has 1 aromatic rings. The lowest BCUT2D eigenvalue weighted by Crippen LogP contribution is -2.47. The van der Waals surface area contributed by atoms with Crippen LogP contribution in [0.1, 0.15) is 60.3 Å². The third-order valence-corrected chi connectivity index (χ3v) is 5.73. The molecule has 2 aliphatic heterocycles. The van der Waals surface area contributed by atoms with Gasteiger partial charge in [-0.2, -0.15) is 5.10 Å². The van der Waals surface area contributed by atoms with Gasteiger partial charge < -0.3 is 15.5 Å². The van der Waals surface area contributed by atoms with E-state index in [1.54, 1.807) is 0 Å². The van der Waals surface area contributed by atoms with Gasteiger partial charge in [-0.1, -0.05) is 12.8 Å². The molecule has 0 aromatic carbocycles. The van der Waals surface area contributed by atoms with E-state index < -0.39 is 0 Å². The van der Waals surface area contributed by atoms with Crippen molar-refractivity contribution in [1.29, 1.82) is 0 Å². The minimum atomic E-state index is -0.00878. The molecule has 134 valence electrons. The van der Waals surface area contributed by atoms with Crippen LogP contribution in [-0.2, 0) is 13.0 Å². The quantitative estimate of drug-likeness (QED) is 0.772. The van der Waals surface area contributed by atoms with Crippen molar-refractivity contribution in [1.82, 2.24) is 25.7 Å². The molecule has 0 spiro atoms. The molecule has 1 saturated heterocycles. The van der Waals surface area contributed by atoms with Crippen molar-refractivity contribution < 1.29 is 4.79 Å². The summed E-state index contributed by atoms with van der Waals surface area (Å²) in [6.07, 6.45) is 8.56. The minimum absolute atomic E-state index is 0. The first-order valence-electron chi connectivity index (χ1n) is 9.13. The van der Waals surface area contributed by atoms with Gasteiger partial charge in [-0.05, 0) is 25.7 Å². The molecule has 1 aliphatic carbocycles. The monoisotopic (exact) mass is 353 g/mol. The summed E-state index contributed by atoms with van der Waals surface area (Å²) in [6, 6.07) is 1.10. The summed E-state index contributed by atoms with van der Waals surface area (Å²) < 4.78 is 0. The van der Waals surface area contributed by atoms with Gasteiger partial charge in [0.25, 0.3) is 5.91 Å². The molecule has 0 bridgehead atoms. The smallest absolute Gasteiger partial charge is 0.272 e. The molecule has 0 unspecified atom stereocenters. The maximum atomic E-state index is 12.5. The van der Waals surface area contributed by atoms with E-state index in [4.69, 9.17) is 0 Å². The number of nitrogens with zero attached hydrogens (tertiary/aromatic N) is 2. The lowest BCUT2D eigenvalue weighted by molar-refractivity contribution is 0.0886. The highest BCUT2D eigenvalue weighted by atomic mass is 35.5. The van der Waals surface area contributed by atoms with Crippen molar-refractivity contribution in [2.75, 3.05) is 19.6 Å². The first kappa shape index (κ1) is 17.7. The highest BCUT2D eigenvalue weighted by molar-refractivity contribution is 5.94. The number of hydrogen-bond acceptors (Lipinski definition) is 4. The fraction of sp³-hybridized carbons (Fsp3) is 0.765. The Morgan fingerprint density at radius 3 is 2.67 bits per heavy atom. The summed E-state index contributed by atoms with van der Waals surface area (Å²) in [4.78, 5) is 15.2. The van der Waals surface area contributed by atoms with Gasteiger partial charge in [-0.25, -0.2) is 0 Å². The van der Waals surface area contributed by atoms with Crippen LogP contribution in [0, 0.1) is 0 Å². The van der Waals surface area contributed by atoms with Crippen molar-refractivity contribution in [3.8, 4) is 0 Å². The molecule has 3 aliphatic rings. The van der Waals surface area contributed by atoms with Gasteiger partial charge >= 0.3 is 0 Å². The van der Waals surface area contributed by atoms with E-state index in [1.165, 1.54) is 25.7 Å². The first-order chi connectivity index (χ1) is 11.3. The molecule has 4 rings (SSSR count). The maximum Gasteiger partial charge on any atom is 0.272 e. The molecule has 6 nitrogen and oxygen atoms in total. The Balaban J connectivity index is 0.00000169. The van der Waals surface area contributed by atoms with Crippen LogP contribution >= 0.6 is 12.4 Å². The second-order valence-corrected chi connectivity index (χ2v) is 7.18. The first-order valence-corrected chi connectivity index (χ1v) is 9.13. The lowest BCUT2D eigenvalue weighted by Gasteiger charge is -2.36. The molecule has 2 fully saturated rings. The van der Waals surface area contributed by atoms with Crippen molar-refractivity contribution in [2.24, 2.45) is 0 Å². The van der Waals surface area contributed by atoms with Gasteiger partial charge in [-0.15, -0.1) is 12.4 Å². The normalized spacial score (nSPS) is 22.8. The largest absolute Gasteiger partial charge is 0.348 e. The Bertz CT molecular complexity index is 561. The number of aromatic amines is 1. The van der Waals surface area contributed by atoms with Crippen LogP contribution in [0.15, 0.2) is 0 Å². The number of likely N-dealkylation sites (tertiary alicyclic amines) is 1. The third-order valence-electron chi connectivity index (χ3n) is 5.73. The van der Waals surface area contributed by atoms with E-state index in [2.05, 4.69) is 25.7 Å². The lowest BCUT2D eigenvalue weighted by atomic mass is 10.0. The number of nitrogens with one attached hydrogen (secondary N) is 3. The zero-order valence-electron chi connectivity index (χ0n) is 14.1. The zero-order chi connectivity index (χ0) is 15.6. The summed E-state index contributed by atoms with van der Waals surface area (Å²) in [7, 11) is 0. The Morgan fingerprint density at radius 2 is 1.92 bits per heavy atom. The average Bonchev–Trinajstić information content (AvgIpc) is 3.25. The third kappa shape index (κ3) is 3.60. The molecule has 0 radical (unpaired) electrons. The number of carbonyl (C=O) groups excluding carboxylic acids is 1. The Labute approximate surface area is 149 Å². The van der Waals surface area contributed by atoms with Crippen LogP contribution in [0.2, 0.25) is 0 Å². The standard InChI is InChI=1S/C17H27N5O.ClH/c23-17(16-14-11-18-8-5-15(14)20-21-16)19-12-6-9-22(10-7-12)13-3-1-2-4-13;/h12-13,18H,1-11H2,(H,19,23)(H,20,21);1H. The van der Waals surface area contributed by atoms with Crippen LogP contribution in [-0.4, -0.2) is 52.7 Å². The fourth-order valence-corrected chi connectivity index (χ4v) is 4.35. The average molecular weight is 354 g/mol. The van der Waals surface area contributed by atoms with Crippen molar-refractivity contribution in [2.45, 2.75) is 63.6 Å². The minimum Gasteiger partial charge on any atom is -0.348 e. The van der Waals surface area contributed by atoms with Gasteiger partial charge in [0.1, 0.15) is 0 Å². The number of halogens is 1. The van der Waals surface area contributed by atoms with Gasteiger partial charge in [0.05, 0.1) is 0 Å². The molecular weight excluding hydrogens is 326 g/mol. The molecule has 3 heterocycles. The number of carbonyl (C=O) groups is 1. The molecular formula is C17H28ClN5O. The SMILES string of the molecule is Cl.O=C(NC1CCN(C2CCCC2)CC1)c1n[nH]c2c1CNCC2. The predicted molar refractivity (Wildman–Crippen MR) is 95.6 cm³/mol. The van der Waals surface area contributed by atoms with Crippen molar-refractivity contribution in [3.05, 3.63) is 17.0 Å². The zero-order valence-corrected chi connectivity index (χ0v) is 15.0. The van der Waals surface area contributed by atoms with E-state index in [1.807, 2.05) is 0 Å². The van der Waals surface area contributed by atoms with Crippen LogP contribution in [0.3, 0.4) is 0 Å². The summed E-state index contributed by atoms with van der Waals surface area (Å²) >= 11 is 0. The van der Waals surface area contributed by atoms with Gasteiger partial charge in [0, 0.05) is 55.9 Å². The predicted octanol–water partition coefficient (Wildman–Crippen LogP) is 1.61. The van der Waals surface area contributed by atoms with Crippen LogP contribution in [0.5, 0.6) is 0 Å². The molecule has 1 aromatic heterocycles. The van der Waals surface area contributed by atoms with Crippen molar-refractivity contribution in [3.63, 3.8) is 0 Å². The van der Waals surface area contributed by atoms with E-state index in [0.717, 1.165) is 62.7 Å². The summed E-state index contributed by atoms with van der Waals surface area (Å²) in [6.45, 7) is 3.94. The summed E-state index contributed by atoms with van der Waals surface area (Å²) in [5, 5.41) is 13.8. The molecule has 7 heteroatoms. The highest BCUT2D eigenvalue weighted by Crippen LogP contribution is 2.26. The molecule has 1 amide bonds. The number of fused-ring (bicyclic) bond motifs is 1. The van der Waals surface area contributed by atoms with Gasteiger partial charge in [0.2, 0.25) is 0 Å². The molecule has 3 N–H and O–H groups in total. The number of H-pyrrole nitrogens is 1. The molecule has 0 atom stereocenters. The number of piperidine rings is 1. The van der Waals surface area contributed by atoms with E-state index in [9.17, 15) is 4.79 Å². The van der Waals surface area contributed by atoms with Crippen LogP contribution in [0.25, 0.3) is 0 Å². The van der Waals surface area contributed by atoms with Crippen LogP contribution < -0.4 is 10.6 Å². The second kappa shape index (κ2) is 7.85.